The Morgan fingerprint density at radius 2 is 1.46 bits per heavy atom. The van der Waals surface area contributed by atoms with E-state index in [4.69, 9.17) is 0 Å². The van der Waals surface area contributed by atoms with Gasteiger partial charge in [0.2, 0.25) is 0 Å². The van der Waals surface area contributed by atoms with Gasteiger partial charge in [0.15, 0.2) is 0 Å². The molecule has 0 aliphatic heterocycles. The second-order valence-corrected chi connectivity index (χ2v) is 5.79. The van der Waals surface area contributed by atoms with Crippen LogP contribution >= 0.6 is 12.6 Å². The molecule has 0 saturated heterocycles. The molecule has 0 aromatic rings. The van der Waals surface area contributed by atoms with Crippen LogP contribution in [0.15, 0.2) is 0 Å². The first kappa shape index (κ1) is 8.64. The lowest BCUT2D eigenvalue weighted by atomic mass is 9.82. The van der Waals surface area contributed by atoms with E-state index >= 15 is 0 Å². The summed E-state index contributed by atoms with van der Waals surface area (Å²) in [5.74, 6) is 6.78. The van der Waals surface area contributed by atoms with Crippen LogP contribution in [0.1, 0.15) is 38.5 Å². The topological polar surface area (TPSA) is 0 Å². The molecule has 0 N–H and O–H groups in total. The number of hydrogen-bond acceptors (Lipinski definition) is 1. The molecule has 13 heavy (non-hydrogen) atoms. The van der Waals surface area contributed by atoms with Crippen LogP contribution in [0.5, 0.6) is 0 Å². The largest absolute Gasteiger partial charge is 0.179 e. The Morgan fingerprint density at radius 1 is 0.846 bits per heavy atom. The smallest absolute Gasteiger partial charge is 0.00951 e. The van der Waals surface area contributed by atoms with Gasteiger partial charge in [0, 0.05) is 0 Å². The van der Waals surface area contributed by atoms with Crippen molar-refractivity contribution in [3.05, 3.63) is 0 Å². The first-order chi connectivity index (χ1) is 6.42. The Kier molecular flexibility index (Phi) is 2.12. The van der Waals surface area contributed by atoms with Gasteiger partial charge in [0.1, 0.15) is 0 Å². The van der Waals surface area contributed by atoms with Crippen molar-refractivity contribution in [1.29, 1.82) is 0 Å². The van der Waals surface area contributed by atoms with E-state index in [2.05, 4.69) is 12.6 Å². The fourth-order valence-corrected chi connectivity index (χ4v) is 5.15. The third kappa shape index (κ3) is 1.12. The van der Waals surface area contributed by atoms with Gasteiger partial charge in [-0.05, 0) is 67.4 Å². The van der Waals surface area contributed by atoms with Crippen molar-refractivity contribution < 1.29 is 0 Å². The van der Waals surface area contributed by atoms with E-state index in [0.717, 1.165) is 35.3 Å². The number of hydrogen-bond donors (Lipinski definition) is 1. The summed E-state index contributed by atoms with van der Waals surface area (Å²) in [6.07, 6.45) is 9.19. The molecule has 3 aliphatic rings. The van der Waals surface area contributed by atoms with E-state index in [0.29, 0.717) is 0 Å². The van der Waals surface area contributed by atoms with Gasteiger partial charge in [0.25, 0.3) is 0 Å². The summed E-state index contributed by atoms with van der Waals surface area (Å²) in [7, 11) is 0. The predicted molar refractivity (Wildman–Crippen MR) is 59.0 cm³/mol. The van der Waals surface area contributed by atoms with Gasteiger partial charge in [-0.15, -0.1) is 0 Å². The second-order valence-electron chi connectivity index (χ2n) is 5.34. The second kappa shape index (κ2) is 3.18. The third-order valence-electron chi connectivity index (χ3n) is 5.12. The van der Waals surface area contributed by atoms with Crippen molar-refractivity contribution >= 4 is 12.6 Å². The third-order valence-corrected chi connectivity index (χ3v) is 5.38. The Balaban J connectivity index is 1.80. The molecule has 4 atom stereocenters. The van der Waals surface area contributed by atoms with E-state index in [9.17, 15) is 0 Å². The highest BCUT2D eigenvalue weighted by atomic mass is 32.1. The maximum absolute atomic E-state index is 4.41. The Labute approximate surface area is 86.9 Å². The minimum absolute atomic E-state index is 1.09. The van der Waals surface area contributed by atoms with Crippen molar-refractivity contribution in [1.82, 2.24) is 0 Å². The van der Waals surface area contributed by atoms with Crippen LogP contribution in [-0.4, -0.2) is 5.75 Å². The van der Waals surface area contributed by atoms with Gasteiger partial charge >= 0.3 is 0 Å². The molecule has 3 rings (SSSR count). The average Bonchev–Trinajstić information content (AvgIpc) is 2.75. The van der Waals surface area contributed by atoms with Crippen LogP contribution < -0.4 is 0 Å². The lowest BCUT2D eigenvalue weighted by Gasteiger charge is -2.23. The summed E-state index contributed by atoms with van der Waals surface area (Å²) in [5, 5.41) is 0. The minimum atomic E-state index is 1.09. The molecule has 0 nitrogen and oxygen atoms in total. The van der Waals surface area contributed by atoms with Crippen molar-refractivity contribution in [3.8, 4) is 0 Å². The quantitative estimate of drug-likeness (QED) is 0.643. The highest BCUT2D eigenvalue weighted by Gasteiger charge is 2.54. The Bertz CT molecular complexity index is 183. The lowest BCUT2D eigenvalue weighted by molar-refractivity contribution is 0.259. The highest BCUT2D eigenvalue weighted by molar-refractivity contribution is 7.80. The molecule has 0 aromatic heterocycles. The number of fused-ring (bicyclic) bond motifs is 5. The van der Waals surface area contributed by atoms with Crippen molar-refractivity contribution in [2.24, 2.45) is 29.6 Å². The SMILES string of the molecule is SCCC1C2CCC1C1CCCC12. The molecule has 0 amide bonds. The Hall–Kier alpha value is 0.350. The lowest BCUT2D eigenvalue weighted by Crippen LogP contribution is -2.15. The predicted octanol–water partition coefficient (Wildman–Crippen LogP) is 3.38. The van der Waals surface area contributed by atoms with Crippen LogP contribution in [0, 0.1) is 29.6 Å². The van der Waals surface area contributed by atoms with E-state index in [1.165, 1.54) is 12.8 Å². The van der Waals surface area contributed by atoms with Crippen LogP contribution in [0.2, 0.25) is 0 Å². The first-order valence-electron chi connectivity index (χ1n) is 6.02. The summed E-state index contributed by atoms with van der Waals surface area (Å²) in [4.78, 5) is 0. The van der Waals surface area contributed by atoms with Crippen LogP contribution in [0.4, 0.5) is 0 Å². The summed E-state index contributed by atoms with van der Waals surface area (Å²) in [5.41, 5.74) is 0. The van der Waals surface area contributed by atoms with Crippen molar-refractivity contribution in [2.45, 2.75) is 38.5 Å². The molecule has 3 aliphatic carbocycles. The fourth-order valence-electron chi connectivity index (χ4n) is 4.85. The number of thiol groups is 1. The Morgan fingerprint density at radius 3 is 2.00 bits per heavy atom. The monoisotopic (exact) mass is 196 g/mol. The molecule has 2 bridgehead atoms. The van der Waals surface area contributed by atoms with Crippen molar-refractivity contribution in [3.63, 3.8) is 0 Å². The first-order valence-corrected chi connectivity index (χ1v) is 6.66. The zero-order chi connectivity index (χ0) is 8.84. The maximum Gasteiger partial charge on any atom is -0.00951 e. The summed E-state index contributed by atoms with van der Waals surface area (Å²) in [6.45, 7) is 0. The molecular formula is C12H20S. The minimum Gasteiger partial charge on any atom is -0.179 e. The summed E-state index contributed by atoms with van der Waals surface area (Å²) < 4.78 is 0. The van der Waals surface area contributed by atoms with E-state index < -0.39 is 0 Å². The van der Waals surface area contributed by atoms with Crippen molar-refractivity contribution in [2.75, 3.05) is 5.75 Å². The molecule has 3 fully saturated rings. The molecule has 4 unspecified atom stereocenters. The molecule has 74 valence electrons. The molecule has 1 heteroatoms. The molecule has 0 radical (unpaired) electrons. The molecule has 0 heterocycles. The van der Waals surface area contributed by atoms with Gasteiger partial charge in [-0.1, -0.05) is 6.42 Å². The number of rotatable bonds is 2. The van der Waals surface area contributed by atoms with E-state index in [-0.39, 0.29) is 0 Å². The normalized spacial score (nSPS) is 52.8. The average molecular weight is 196 g/mol. The van der Waals surface area contributed by atoms with E-state index in [1.54, 1.807) is 25.7 Å². The van der Waals surface area contributed by atoms with Crippen LogP contribution in [-0.2, 0) is 0 Å². The van der Waals surface area contributed by atoms with Crippen LogP contribution in [0.25, 0.3) is 0 Å². The molecular weight excluding hydrogens is 176 g/mol. The van der Waals surface area contributed by atoms with Gasteiger partial charge < -0.3 is 0 Å². The van der Waals surface area contributed by atoms with E-state index in [1.807, 2.05) is 0 Å². The van der Waals surface area contributed by atoms with Gasteiger partial charge in [-0.2, -0.15) is 12.6 Å². The summed E-state index contributed by atoms with van der Waals surface area (Å²) >= 11 is 4.41. The molecule has 3 saturated carbocycles. The summed E-state index contributed by atoms with van der Waals surface area (Å²) in [6, 6.07) is 0. The molecule has 0 spiro atoms. The van der Waals surface area contributed by atoms with Crippen LogP contribution in [0.3, 0.4) is 0 Å². The van der Waals surface area contributed by atoms with Gasteiger partial charge in [-0.3, -0.25) is 0 Å². The standard InChI is InChI=1S/C12H20S/c13-7-6-12-10-4-5-11(12)9-3-1-2-8(9)10/h8-13H,1-7H2. The van der Waals surface area contributed by atoms with Gasteiger partial charge in [-0.25, -0.2) is 0 Å². The van der Waals surface area contributed by atoms with Gasteiger partial charge in [0.05, 0.1) is 0 Å². The zero-order valence-electron chi connectivity index (χ0n) is 8.28. The maximum atomic E-state index is 4.41. The molecule has 0 aromatic carbocycles. The highest BCUT2D eigenvalue weighted by Crippen LogP contribution is 2.62. The fraction of sp³-hybridized carbons (Fsp3) is 1.00. The zero-order valence-corrected chi connectivity index (χ0v) is 9.18.